The van der Waals surface area contributed by atoms with Gasteiger partial charge in [-0.1, -0.05) is 6.92 Å². The Morgan fingerprint density at radius 1 is 1.27 bits per heavy atom. The zero-order valence-electron chi connectivity index (χ0n) is 7.94. The molecule has 0 aromatic heterocycles. The lowest BCUT2D eigenvalue weighted by Crippen LogP contribution is -2.56. The molecule has 11 heavy (non-hydrogen) atoms. The van der Waals surface area contributed by atoms with E-state index in [1.54, 1.807) is 0 Å². The molecule has 1 saturated heterocycles. The van der Waals surface area contributed by atoms with Gasteiger partial charge in [0.25, 0.3) is 0 Å². The fourth-order valence-electron chi connectivity index (χ4n) is 2.45. The van der Waals surface area contributed by atoms with E-state index in [-0.39, 0.29) is 10.4 Å². The number of piperidine rings is 1. The van der Waals surface area contributed by atoms with E-state index in [9.17, 15) is 0 Å². The van der Waals surface area contributed by atoms with Crippen LogP contribution in [0.4, 0.5) is 0 Å². The Hall–Kier alpha value is 0.310. The summed E-state index contributed by atoms with van der Waals surface area (Å²) in [4.78, 5) is 0.0289. The lowest BCUT2D eigenvalue weighted by molar-refractivity contribution is 0.183. The molecule has 1 heterocycles. The second kappa shape index (κ2) is 2.67. The number of hydrogen-bond donors (Lipinski definition) is 2. The van der Waals surface area contributed by atoms with Gasteiger partial charge in [-0.15, -0.1) is 0 Å². The maximum absolute atomic E-state index is 4.58. The van der Waals surface area contributed by atoms with Crippen LogP contribution in [0.15, 0.2) is 0 Å². The first-order chi connectivity index (χ1) is 4.81. The summed E-state index contributed by atoms with van der Waals surface area (Å²) in [5.74, 6) is 0.786. The van der Waals surface area contributed by atoms with Crippen LogP contribution < -0.4 is 5.32 Å². The maximum atomic E-state index is 4.58. The molecule has 2 unspecified atom stereocenters. The first-order valence-corrected chi connectivity index (χ1v) is 4.77. The third-order valence-corrected chi connectivity index (χ3v) is 2.51. The molecule has 2 heteroatoms. The van der Waals surface area contributed by atoms with E-state index in [0.29, 0.717) is 0 Å². The Morgan fingerprint density at radius 3 is 2.18 bits per heavy atom. The van der Waals surface area contributed by atoms with E-state index in [2.05, 4.69) is 45.6 Å². The molecule has 1 aliphatic heterocycles. The summed E-state index contributed by atoms with van der Waals surface area (Å²) in [7, 11) is 0. The van der Waals surface area contributed by atoms with E-state index in [1.807, 2.05) is 0 Å². The summed E-state index contributed by atoms with van der Waals surface area (Å²) in [6, 6.07) is 0. The summed E-state index contributed by atoms with van der Waals surface area (Å²) >= 11 is 4.58. The van der Waals surface area contributed by atoms with Gasteiger partial charge in [0.2, 0.25) is 0 Å². The molecular weight excluding hydrogens is 154 g/mol. The van der Waals surface area contributed by atoms with Crippen LogP contribution in [0.3, 0.4) is 0 Å². The Labute approximate surface area is 75.4 Å². The molecule has 1 N–H and O–H groups in total. The van der Waals surface area contributed by atoms with Crippen molar-refractivity contribution in [2.75, 3.05) is 0 Å². The fraction of sp³-hybridized carbons (Fsp3) is 1.00. The van der Waals surface area contributed by atoms with Crippen molar-refractivity contribution in [1.29, 1.82) is 0 Å². The van der Waals surface area contributed by atoms with Crippen molar-refractivity contribution in [3.8, 4) is 0 Å². The summed E-state index contributed by atoms with van der Waals surface area (Å²) in [6.07, 6.45) is 2.42. The van der Waals surface area contributed by atoms with Crippen LogP contribution >= 0.6 is 12.6 Å². The number of hydrogen-bond acceptors (Lipinski definition) is 2. The number of rotatable bonds is 0. The van der Waals surface area contributed by atoms with Crippen molar-refractivity contribution in [3.63, 3.8) is 0 Å². The van der Waals surface area contributed by atoms with E-state index >= 15 is 0 Å². The van der Waals surface area contributed by atoms with Crippen LogP contribution in [0.5, 0.6) is 0 Å². The van der Waals surface area contributed by atoms with E-state index < -0.39 is 0 Å². The minimum absolute atomic E-state index is 0.0289. The van der Waals surface area contributed by atoms with E-state index in [1.165, 1.54) is 12.8 Å². The van der Waals surface area contributed by atoms with Crippen molar-refractivity contribution < 1.29 is 0 Å². The predicted molar refractivity (Wildman–Crippen MR) is 53.0 cm³/mol. The largest absolute Gasteiger partial charge is 0.298 e. The minimum atomic E-state index is 0.0289. The highest BCUT2D eigenvalue weighted by molar-refractivity contribution is 7.81. The standard InChI is InChI=1S/C9H19NS/c1-7-5-8(2,3)10-9(4,11)6-7/h7,10-11H,5-6H2,1-4H3. The zero-order valence-corrected chi connectivity index (χ0v) is 8.83. The van der Waals surface area contributed by atoms with E-state index in [4.69, 9.17) is 0 Å². The summed E-state index contributed by atoms with van der Waals surface area (Å²) < 4.78 is 0. The number of nitrogens with one attached hydrogen (secondary N) is 1. The van der Waals surface area contributed by atoms with Gasteiger partial charge in [0.1, 0.15) is 0 Å². The Morgan fingerprint density at radius 2 is 1.82 bits per heavy atom. The monoisotopic (exact) mass is 173 g/mol. The molecule has 0 aromatic carbocycles. The molecule has 0 aromatic rings. The molecule has 0 spiro atoms. The van der Waals surface area contributed by atoms with Crippen molar-refractivity contribution >= 4 is 12.6 Å². The first-order valence-electron chi connectivity index (χ1n) is 4.32. The molecule has 0 saturated carbocycles. The Balaban J connectivity index is 2.66. The highest BCUT2D eigenvalue weighted by atomic mass is 32.1. The van der Waals surface area contributed by atoms with Crippen LogP contribution in [0, 0.1) is 5.92 Å². The second-order valence-corrected chi connectivity index (χ2v) is 5.78. The molecular formula is C9H19NS. The predicted octanol–water partition coefficient (Wildman–Crippen LogP) is 2.43. The molecule has 0 radical (unpaired) electrons. The average Bonchev–Trinajstić information content (AvgIpc) is 1.49. The van der Waals surface area contributed by atoms with Gasteiger partial charge in [0, 0.05) is 5.54 Å². The van der Waals surface area contributed by atoms with Crippen LogP contribution in [-0.4, -0.2) is 10.4 Å². The maximum Gasteiger partial charge on any atom is 0.0593 e. The lowest BCUT2D eigenvalue weighted by atomic mass is 9.82. The van der Waals surface area contributed by atoms with E-state index in [0.717, 1.165) is 5.92 Å². The highest BCUT2D eigenvalue weighted by Gasteiger charge is 2.36. The summed E-state index contributed by atoms with van der Waals surface area (Å²) in [6.45, 7) is 8.96. The smallest absolute Gasteiger partial charge is 0.0593 e. The molecule has 0 amide bonds. The van der Waals surface area contributed by atoms with Gasteiger partial charge in [-0.2, -0.15) is 12.6 Å². The molecule has 1 nitrogen and oxygen atoms in total. The average molecular weight is 173 g/mol. The van der Waals surface area contributed by atoms with Crippen molar-refractivity contribution in [3.05, 3.63) is 0 Å². The minimum Gasteiger partial charge on any atom is -0.298 e. The third-order valence-electron chi connectivity index (χ3n) is 2.21. The zero-order chi connectivity index (χ0) is 8.70. The van der Waals surface area contributed by atoms with Crippen molar-refractivity contribution in [2.45, 2.75) is 50.9 Å². The van der Waals surface area contributed by atoms with Gasteiger partial charge in [-0.05, 0) is 39.5 Å². The van der Waals surface area contributed by atoms with Crippen molar-refractivity contribution in [1.82, 2.24) is 5.32 Å². The summed E-state index contributed by atoms with van der Waals surface area (Å²) in [5, 5.41) is 3.53. The molecule has 1 aliphatic rings. The SMILES string of the molecule is CC1CC(C)(C)NC(C)(S)C1. The van der Waals surface area contributed by atoms with Gasteiger partial charge < -0.3 is 0 Å². The van der Waals surface area contributed by atoms with Gasteiger partial charge >= 0.3 is 0 Å². The first kappa shape index (κ1) is 9.40. The molecule has 1 rings (SSSR count). The molecule has 0 aliphatic carbocycles. The van der Waals surface area contributed by atoms with Gasteiger partial charge in [-0.25, -0.2) is 0 Å². The van der Waals surface area contributed by atoms with Gasteiger partial charge in [0.05, 0.1) is 4.87 Å². The molecule has 1 fully saturated rings. The molecule has 66 valence electrons. The Kier molecular flexibility index (Phi) is 2.28. The molecule has 0 bridgehead atoms. The third kappa shape index (κ3) is 2.68. The van der Waals surface area contributed by atoms with Gasteiger partial charge in [0.15, 0.2) is 0 Å². The van der Waals surface area contributed by atoms with Gasteiger partial charge in [-0.3, -0.25) is 5.32 Å². The second-order valence-electron chi connectivity index (χ2n) is 4.80. The van der Waals surface area contributed by atoms with Crippen LogP contribution in [-0.2, 0) is 0 Å². The van der Waals surface area contributed by atoms with Crippen molar-refractivity contribution in [2.24, 2.45) is 5.92 Å². The lowest BCUT2D eigenvalue weighted by Gasteiger charge is -2.44. The molecule has 2 atom stereocenters. The van der Waals surface area contributed by atoms with Crippen LogP contribution in [0.2, 0.25) is 0 Å². The quantitative estimate of drug-likeness (QED) is 0.536. The summed E-state index contributed by atoms with van der Waals surface area (Å²) in [5.41, 5.74) is 0.258. The highest BCUT2D eigenvalue weighted by Crippen LogP contribution is 2.34. The normalized spacial score (nSPS) is 43.9. The Bertz CT molecular complexity index is 136. The van der Waals surface area contributed by atoms with Crippen LogP contribution in [0.1, 0.15) is 40.5 Å². The van der Waals surface area contributed by atoms with Crippen LogP contribution in [0.25, 0.3) is 0 Å². The number of thiol groups is 1. The fourth-order valence-corrected chi connectivity index (χ4v) is 3.07. The topological polar surface area (TPSA) is 12.0 Å².